The summed E-state index contributed by atoms with van der Waals surface area (Å²) in [5.74, 6) is 2.42. The van der Waals surface area contributed by atoms with Crippen LogP contribution < -0.4 is 5.32 Å². The second kappa shape index (κ2) is 5.07. The number of amides is 1. The first-order valence-corrected chi connectivity index (χ1v) is 4.42. The Balaban J connectivity index is 2.33. The molecule has 0 spiro atoms. The monoisotopic (exact) mass is 191 g/mol. The van der Waals surface area contributed by atoms with Crippen LogP contribution in [0.25, 0.3) is 0 Å². The number of nitrogens with one attached hydrogen (secondary N) is 1. The molecule has 0 fully saturated rings. The number of terminal acetylenes is 1. The van der Waals surface area contributed by atoms with Crippen molar-refractivity contribution < 1.29 is 4.79 Å². The van der Waals surface area contributed by atoms with Crippen molar-refractivity contribution in [2.45, 2.75) is 25.9 Å². The molecule has 4 heteroatoms. The van der Waals surface area contributed by atoms with Crippen LogP contribution >= 0.6 is 0 Å². The van der Waals surface area contributed by atoms with Crippen LogP contribution in [-0.2, 0) is 11.3 Å². The molecule has 1 unspecified atom stereocenters. The summed E-state index contributed by atoms with van der Waals surface area (Å²) in [4.78, 5) is 11.4. The van der Waals surface area contributed by atoms with E-state index in [0.717, 1.165) is 0 Å². The molecule has 1 aromatic rings. The van der Waals surface area contributed by atoms with Gasteiger partial charge in [-0.2, -0.15) is 5.10 Å². The van der Waals surface area contributed by atoms with Crippen molar-refractivity contribution in [3.05, 3.63) is 18.5 Å². The van der Waals surface area contributed by atoms with E-state index >= 15 is 0 Å². The van der Waals surface area contributed by atoms with E-state index in [4.69, 9.17) is 6.42 Å². The Labute approximate surface area is 83.3 Å². The van der Waals surface area contributed by atoms with Gasteiger partial charge in [-0.1, -0.05) is 0 Å². The molecule has 4 nitrogen and oxygen atoms in total. The largest absolute Gasteiger partial charge is 0.351 e. The molecule has 0 bridgehead atoms. The number of carbonyl (C=O) groups is 1. The Hall–Kier alpha value is -1.76. The van der Waals surface area contributed by atoms with Crippen molar-refractivity contribution >= 4 is 5.91 Å². The normalized spacial score (nSPS) is 11.7. The van der Waals surface area contributed by atoms with Gasteiger partial charge in [0.05, 0.1) is 0 Å². The van der Waals surface area contributed by atoms with Gasteiger partial charge in [0.25, 0.3) is 0 Å². The fraction of sp³-hybridized carbons (Fsp3) is 0.400. The molecule has 0 saturated heterocycles. The number of aromatic nitrogens is 2. The van der Waals surface area contributed by atoms with Gasteiger partial charge in [-0.15, -0.1) is 12.3 Å². The highest BCUT2D eigenvalue weighted by molar-refractivity contribution is 5.75. The lowest BCUT2D eigenvalue weighted by Crippen LogP contribution is -2.34. The third-order valence-electron chi connectivity index (χ3n) is 1.70. The Kier molecular flexibility index (Phi) is 3.74. The van der Waals surface area contributed by atoms with Crippen molar-refractivity contribution in [2.75, 3.05) is 0 Å². The molecular weight excluding hydrogens is 178 g/mol. The van der Waals surface area contributed by atoms with Crippen LogP contribution in [-0.4, -0.2) is 21.7 Å². The smallest absolute Gasteiger partial charge is 0.241 e. The van der Waals surface area contributed by atoms with Gasteiger partial charge in [-0.05, 0) is 13.0 Å². The Bertz CT molecular complexity index is 324. The van der Waals surface area contributed by atoms with Crippen LogP contribution in [0.1, 0.15) is 13.3 Å². The number of carbonyl (C=O) groups excluding carboxylic acids is 1. The molecule has 1 rings (SSSR count). The van der Waals surface area contributed by atoms with Gasteiger partial charge in [-0.25, -0.2) is 0 Å². The zero-order valence-corrected chi connectivity index (χ0v) is 8.10. The third-order valence-corrected chi connectivity index (χ3v) is 1.70. The summed E-state index contributed by atoms with van der Waals surface area (Å²) in [6.45, 7) is 2.11. The van der Waals surface area contributed by atoms with E-state index < -0.39 is 0 Å². The number of rotatable bonds is 4. The average molecular weight is 191 g/mol. The van der Waals surface area contributed by atoms with Crippen molar-refractivity contribution in [2.24, 2.45) is 0 Å². The van der Waals surface area contributed by atoms with Gasteiger partial charge in [0.1, 0.15) is 6.54 Å². The van der Waals surface area contributed by atoms with Crippen molar-refractivity contribution in [3.8, 4) is 12.3 Å². The first-order valence-electron chi connectivity index (χ1n) is 4.42. The molecule has 0 aliphatic heterocycles. The van der Waals surface area contributed by atoms with Crippen LogP contribution in [0.2, 0.25) is 0 Å². The van der Waals surface area contributed by atoms with Gasteiger partial charge in [0.2, 0.25) is 5.91 Å². The second-order valence-electron chi connectivity index (χ2n) is 3.08. The van der Waals surface area contributed by atoms with Crippen molar-refractivity contribution in [1.29, 1.82) is 0 Å². The summed E-state index contributed by atoms with van der Waals surface area (Å²) in [5.41, 5.74) is 0. The summed E-state index contributed by atoms with van der Waals surface area (Å²) in [6, 6.07) is 1.79. The van der Waals surface area contributed by atoms with Gasteiger partial charge >= 0.3 is 0 Å². The van der Waals surface area contributed by atoms with E-state index in [-0.39, 0.29) is 18.5 Å². The van der Waals surface area contributed by atoms with Crippen LogP contribution in [0, 0.1) is 12.3 Å². The quantitative estimate of drug-likeness (QED) is 0.701. The van der Waals surface area contributed by atoms with Crippen LogP contribution in [0.4, 0.5) is 0 Å². The fourth-order valence-electron chi connectivity index (χ4n) is 1.09. The minimum atomic E-state index is -0.0727. The van der Waals surface area contributed by atoms with Crippen LogP contribution in [0.5, 0.6) is 0 Å². The van der Waals surface area contributed by atoms with Crippen LogP contribution in [0.3, 0.4) is 0 Å². The second-order valence-corrected chi connectivity index (χ2v) is 3.08. The molecule has 1 heterocycles. The molecule has 1 amide bonds. The summed E-state index contributed by atoms with van der Waals surface area (Å²) >= 11 is 0. The van der Waals surface area contributed by atoms with E-state index in [1.54, 1.807) is 23.1 Å². The Morgan fingerprint density at radius 2 is 2.57 bits per heavy atom. The SMILES string of the molecule is C#CCC(C)NC(=O)Cn1cccn1. The summed E-state index contributed by atoms with van der Waals surface area (Å²) in [7, 11) is 0. The van der Waals surface area contributed by atoms with Crippen molar-refractivity contribution in [3.63, 3.8) is 0 Å². The minimum absolute atomic E-state index is 0.0167. The fourth-order valence-corrected chi connectivity index (χ4v) is 1.09. The van der Waals surface area contributed by atoms with E-state index in [1.807, 2.05) is 6.92 Å². The Morgan fingerprint density at radius 3 is 3.14 bits per heavy atom. The predicted molar refractivity (Wildman–Crippen MR) is 53.3 cm³/mol. The highest BCUT2D eigenvalue weighted by Crippen LogP contribution is 1.89. The lowest BCUT2D eigenvalue weighted by atomic mass is 10.2. The maximum atomic E-state index is 11.4. The maximum absolute atomic E-state index is 11.4. The standard InChI is InChI=1S/C10H13N3O/c1-3-5-9(2)12-10(14)8-13-7-4-6-11-13/h1,4,6-7,9H,5,8H2,2H3,(H,12,14). The average Bonchev–Trinajstić information content (AvgIpc) is 2.56. The molecule has 1 aromatic heterocycles. The minimum Gasteiger partial charge on any atom is -0.351 e. The molecule has 0 saturated carbocycles. The lowest BCUT2D eigenvalue weighted by molar-refractivity contribution is -0.122. The molecular formula is C10H13N3O. The van der Waals surface area contributed by atoms with Gasteiger partial charge in [0, 0.05) is 24.9 Å². The zero-order valence-electron chi connectivity index (χ0n) is 8.10. The van der Waals surface area contributed by atoms with E-state index in [0.29, 0.717) is 6.42 Å². The molecule has 1 atom stereocenters. The predicted octanol–water partition coefficient (Wildman–Crippen LogP) is 0.411. The zero-order chi connectivity index (χ0) is 10.4. The van der Waals surface area contributed by atoms with E-state index in [1.165, 1.54) is 0 Å². The highest BCUT2D eigenvalue weighted by atomic mass is 16.2. The highest BCUT2D eigenvalue weighted by Gasteiger charge is 2.06. The summed E-state index contributed by atoms with van der Waals surface area (Å²) in [6.07, 6.45) is 9.05. The summed E-state index contributed by atoms with van der Waals surface area (Å²) < 4.78 is 1.57. The Morgan fingerprint density at radius 1 is 1.79 bits per heavy atom. The maximum Gasteiger partial charge on any atom is 0.241 e. The first-order chi connectivity index (χ1) is 6.72. The van der Waals surface area contributed by atoms with E-state index in [9.17, 15) is 4.79 Å². The van der Waals surface area contributed by atoms with Gasteiger partial charge < -0.3 is 5.32 Å². The molecule has 74 valence electrons. The summed E-state index contributed by atoms with van der Waals surface area (Å²) in [5, 5.41) is 6.70. The lowest BCUT2D eigenvalue weighted by Gasteiger charge is -2.10. The number of nitrogens with zero attached hydrogens (tertiary/aromatic N) is 2. The van der Waals surface area contributed by atoms with E-state index in [2.05, 4.69) is 16.3 Å². The topological polar surface area (TPSA) is 46.9 Å². The van der Waals surface area contributed by atoms with Crippen LogP contribution in [0.15, 0.2) is 18.5 Å². The molecule has 0 aliphatic carbocycles. The molecule has 0 aliphatic rings. The van der Waals surface area contributed by atoms with Crippen molar-refractivity contribution in [1.82, 2.24) is 15.1 Å². The molecule has 0 aromatic carbocycles. The van der Waals surface area contributed by atoms with Gasteiger partial charge in [0.15, 0.2) is 0 Å². The molecule has 0 radical (unpaired) electrons. The number of hydrogen-bond donors (Lipinski definition) is 1. The first kappa shape index (κ1) is 10.3. The number of hydrogen-bond acceptors (Lipinski definition) is 2. The van der Waals surface area contributed by atoms with Gasteiger partial charge in [-0.3, -0.25) is 9.48 Å². The third kappa shape index (κ3) is 3.31. The molecule has 1 N–H and O–H groups in total. The molecule has 14 heavy (non-hydrogen) atoms.